The van der Waals surface area contributed by atoms with Crippen molar-refractivity contribution in [2.75, 3.05) is 13.7 Å². The van der Waals surface area contributed by atoms with Gasteiger partial charge in [-0.25, -0.2) is 0 Å². The molecule has 0 aliphatic carbocycles. The number of ether oxygens (including phenoxy) is 1. The van der Waals surface area contributed by atoms with Crippen molar-refractivity contribution >= 4 is 0 Å². The third-order valence-electron chi connectivity index (χ3n) is 3.02. The van der Waals surface area contributed by atoms with Crippen molar-refractivity contribution in [2.45, 2.75) is 45.6 Å². The monoisotopic (exact) mass is 235 g/mol. The molecule has 1 N–H and O–H groups in total. The lowest BCUT2D eigenvalue weighted by atomic mass is 10.0. The second-order valence-electron chi connectivity index (χ2n) is 4.81. The van der Waals surface area contributed by atoms with Gasteiger partial charge in [0.2, 0.25) is 0 Å². The minimum Gasteiger partial charge on any atom is -0.492 e. The minimum absolute atomic E-state index is 0.447. The summed E-state index contributed by atoms with van der Waals surface area (Å²) < 4.78 is 5.84. The third-order valence-corrected chi connectivity index (χ3v) is 3.02. The highest BCUT2D eigenvalue weighted by atomic mass is 16.5. The third kappa shape index (κ3) is 4.78. The van der Waals surface area contributed by atoms with Crippen LogP contribution in [0.3, 0.4) is 0 Å². The van der Waals surface area contributed by atoms with Crippen molar-refractivity contribution < 1.29 is 4.74 Å². The molecule has 1 rings (SSSR count). The molecular formula is C15H25NO. The van der Waals surface area contributed by atoms with E-state index in [1.807, 2.05) is 13.1 Å². The lowest BCUT2D eigenvalue weighted by molar-refractivity contribution is 0.262. The molecule has 0 amide bonds. The lowest BCUT2D eigenvalue weighted by Crippen LogP contribution is -2.31. The fourth-order valence-corrected chi connectivity index (χ4v) is 1.82. The Morgan fingerprint density at radius 3 is 2.65 bits per heavy atom. The standard InChI is InChI=1S/C15H25NO/c1-5-7-14(16-4)11-17-15-9-6-8-13(10-15)12(2)3/h6,8-10,12,14,16H,5,7,11H2,1-4H3. The average Bonchev–Trinajstić information content (AvgIpc) is 2.34. The Bertz CT molecular complexity index is 322. The van der Waals surface area contributed by atoms with E-state index in [1.165, 1.54) is 12.0 Å². The van der Waals surface area contributed by atoms with E-state index in [4.69, 9.17) is 4.74 Å². The van der Waals surface area contributed by atoms with Gasteiger partial charge < -0.3 is 10.1 Å². The van der Waals surface area contributed by atoms with Crippen LogP contribution < -0.4 is 10.1 Å². The molecule has 0 spiro atoms. The van der Waals surface area contributed by atoms with Crippen molar-refractivity contribution in [3.63, 3.8) is 0 Å². The van der Waals surface area contributed by atoms with E-state index >= 15 is 0 Å². The molecular weight excluding hydrogens is 210 g/mol. The van der Waals surface area contributed by atoms with Crippen molar-refractivity contribution in [1.29, 1.82) is 0 Å². The zero-order chi connectivity index (χ0) is 12.7. The molecule has 0 aliphatic rings. The number of likely N-dealkylation sites (N-methyl/N-ethyl adjacent to an activating group) is 1. The van der Waals surface area contributed by atoms with Gasteiger partial charge in [0.15, 0.2) is 0 Å². The van der Waals surface area contributed by atoms with Crippen LogP contribution in [0.1, 0.15) is 45.1 Å². The number of hydrogen-bond donors (Lipinski definition) is 1. The Balaban J connectivity index is 2.53. The van der Waals surface area contributed by atoms with Gasteiger partial charge in [-0.15, -0.1) is 0 Å². The number of benzene rings is 1. The number of nitrogens with one attached hydrogen (secondary N) is 1. The highest BCUT2D eigenvalue weighted by Crippen LogP contribution is 2.20. The summed E-state index contributed by atoms with van der Waals surface area (Å²) in [6.07, 6.45) is 2.33. The fraction of sp³-hybridized carbons (Fsp3) is 0.600. The van der Waals surface area contributed by atoms with Crippen LogP contribution in [0.25, 0.3) is 0 Å². The molecule has 17 heavy (non-hydrogen) atoms. The maximum atomic E-state index is 5.84. The van der Waals surface area contributed by atoms with Gasteiger partial charge >= 0.3 is 0 Å². The smallest absolute Gasteiger partial charge is 0.119 e. The summed E-state index contributed by atoms with van der Waals surface area (Å²) in [5, 5.41) is 3.29. The van der Waals surface area contributed by atoms with Gasteiger partial charge in [-0.05, 0) is 37.1 Å². The van der Waals surface area contributed by atoms with Gasteiger partial charge in [-0.2, -0.15) is 0 Å². The molecule has 0 heterocycles. The van der Waals surface area contributed by atoms with Crippen LogP contribution in [0.2, 0.25) is 0 Å². The molecule has 0 radical (unpaired) electrons. The van der Waals surface area contributed by atoms with Gasteiger partial charge in [0, 0.05) is 6.04 Å². The first kappa shape index (κ1) is 14.0. The van der Waals surface area contributed by atoms with Crippen molar-refractivity contribution in [2.24, 2.45) is 0 Å². The van der Waals surface area contributed by atoms with Gasteiger partial charge in [-0.3, -0.25) is 0 Å². The molecule has 1 aromatic carbocycles. The van der Waals surface area contributed by atoms with Crippen molar-refractivity contribution in [3.05, 3.63) is 29.8 Å². The molecule has 0 aromatic heterocycles. The first-order valence-corrected chi connectivity index (χ1v) is 6.57. The molecule has 2 heteroatoms. The van der Waals surface area contributed by atoms with Crippen LogP contribution in [0, 0.1) is 0 Å². The fourth-order valence-electron chi connectivity index (χ4n) is 1.82. The predicted octanol–water partition coefficient (Wildman–Crippen LogP) is 3.58. The van der Waals surface area contributed by atoms with Crippen LogP contribution in [0.4, 0.5) is 0 Å². The summed E-state index contributed by atoms with van der Waals surface area (Å²) in [5.41, 5.74) is 1.33. The Hall–Kier alpha value is -1.02. The van der Waals surface area contributed by atoms with Crippen LogP contribution in [0.15, 0.2) is 24.3 Å². The van der Waals surface area contributed by atoms with Crippen LogP contribution in [0.5, 0.6) is 5.75 Å². The molecule has 0 fully saturated rings. The second-order valence-corrected chi connectivity index (χ2v) is 4.81. The van der Waals surface area contributed by atoms with E-state index in [1.54, 1.807) is 0 Å². The van der Waals surface area contributed by atoms with Gasteiger partial charge in [0.25, 0.3) is 0 Å². The topological polar surface area (TPSA) is 21.3 Å². The lowest BCUT2D eigenvalue weighted by Gasteiger charge is -2.17. The van der Waals surface area contributed by atoms with Crippen molar-refractivity contribution in [1.82, 2.24) is 5.32 Å². The summed E-state index contributed by atoms with van der Waals surface area (Å²) in [6, 6.07) is 8.84. The summed E-state index contributed by atoms with van der Waals surface area (Å²) in [7, 11) is 1.99. The number of hydrogen-bond acceptors (Lipinski definition) is 2. The van der Waals surface area contributed by atoms with Gasteiger partial charge in [0.1, 0.15) is 12.4 Å². The van der Waals surface area contributed by atoms with E-state index in [-0.39, 0.29) is 0 Å². The average molecular weight is 235 g/mol. The molecule has 1 aromatic rings. The van der Waals surface area contributed by atoms with Crippen LogP contribution >= 0.6 is 0 Å². The first-order valence-electron chi connectivity index (χ1n) is 6.57. The zero-order valence-corrected chi connectivity index (χ0v) is 11.5. The van der Waals surface area contributed by atoms with E-state index in [2.05, 4.69) is 44.3 Å². The Labute approximate surface area is 105 Å². The molecule has 0 bridgehead atoms. The normalized spacial score (nSPS) is 12.8. The maximum absolute atomic E-state index is 5.84. The quantitative estimate of drug-likeness (QED) is 0.780. The van der Waals surface area contributed by atoms with E-state index in [0.717, 1.165) is 18.8 Å². The van der Waals surface area contributed by atoms with E-state index in [9.17, 15) is 0 Å². The Morgan fingerprint density at radius 2 is 2.06 bits per heavy atom. The molecule has 96 valence electrons. The minimum atomic E-state index is 0.447. The van der Waals surface area contributed by atoms with Gasteiger partial charge in [0.05, 0.1) is 0 Å². The largest absolute Gasteiger partial charge is 0.492 e. The summed E-state index contributed by atoms with van der Waals surface area (Å²) in [4.78, 5) is 0. The first-order chi connectivity index (χ1) is 8.17. The SMILES string of the molecule is CCCC(COc1cccc(C(C)C)c1)NC. The summed E-state index contributed by atoms with van der Waals surface area (Å²) >= 11 is 0. The molecule has 2 nitrogen and oxygen atoms in total. The predicted molar refractivity (Wildman–Crippen MR) is 73.8 cm³/mol. The van der Waals surface area contributed by atoms with Crippen LogP contribution in [-0.2, 0) is 0 Å². The van der Waals surface area contributed by atoms with Gasteiger partial charge in [-0.1, -0.05) is 39.3 Å². The molecule has 1 unspecified atom stereocenters. The molecule has 0 saturated carbocycles. The highest BCUT2D eigenvalue weighted by Gasteiger charge is 2.06. The van der Waals surface area contributed by atoms with Crippen LogP contribution in [-0.4, -0.2) is 19.7 Å². The molecule has 0 saturated heterocycles. The Kier molecular flexibility index (Phi) is 6.06. The molecule has 1 atom stereocenters. The zero-order valence-electron chi connectivity index (χ0n) is 11.5. The van der Waals surface area contributed by atoms with E-state index in [0.29, 0.717) is 12.0 Å². The summed E-state index contributed by atoms with van der Waals surface area (Å²) in [5.74, 6) is 1.53. The van der Waals surface area contributed by atoms with E-state index < -0.39 is 0 Å². The highest BCUT2D eigenvalue weighted by molar-refractivity contribution is 5.30. The maximum Gasteiger partial charge on any atom is 0.119 e. The number of rotatable bonds is 7. The van der Waals surface area contributed by atoms with Crippen molar-refractivity contribution in [3.8, 4) is 5.75 Å². The summed E-state index contributed by atoms with van der Waals surface area (Å²) in [6.45, 7) is 7.34. The Morgan fingerprint density at radius 1 is 1.29 bits per heavy atom. The molecule has 0 aliphatic heterocycles. The second kappa shape index (κ2) is 7.33.